The van der Waals surface area contributed by atoms with Crippen LogP contribution in [0.5, 0.6) is 0 Å². The van der Waals surface area contributed by atoms with Crippen molar-refractivity contribution in [3.8, 4) is 0 Å². The van der Waals surface area contributed by atoms with Crippen LogP contribution in [-0.4, -0.2) is 22.6 Å². The molecule has 0 aliphatic carbocycles. The van der Waals surface area contributed by atoms with Crippen LogP contribution in [0.2, 0.25) is 0 Å². The zero-order chi connectivity index (χ0) is 14.3. The summed E-state index contributed by atoms with van der Waals surface area (Å²) in [6, 6.07) is 3.18. The molecule has 0 aromatic carbocycles. The van der Waals surface area contributed by atoms with Gasteiger partial charge in [-0.25, -0.2) is 9.78 Å². The lowest BCUT2D eigenvalue weighted by Crippen LogP contribution is -2.15. The molecule has 0 radical (unpaired) electrons. The van der Waals surface area contributed by atoms with Gasteiger partial charge in [-0.3, -0.25) is 0 Å². The number of hydrogen-bond donors (Lipinski definition) is 2. The highest BCUT2D eigenvalue weighted by atomic mass is 16.4. The molecule has 4 nitrogen and oxygen atoms in total. The molecule has 1 rings (SSSR count). The molecular formula is C15H24N2O2. The van der Waals surface area contributed by atoms with Crippen molar-refractivity contribution in [1.82, 2.24) is 4.98 Å². The molecule has 1 atom stereocenters. The fourth-order valence-corrected chi connectivity index (χ4v) is 2.07. The van der Waals surface area contributed by atoms with E-state index in [1.807, 2.05) is 6.92 Å². The Balaban J connectivity index is 2.63. The topological polar surface area (TPSA) is 62.2 Å². The van der Waals surface area contributed by atoms with Gasteiger partial charge in [-0.2, -0.15) is 0 Å². The third-order valence-electron chi connectivity index (χ3n) is 3.32. The summed E-state index contributed by atoms with van der Waals surface area (Å²) in [6.45, 7) is 7.05. The van der Waals surface area contributed by atoms with E-state index in [0.29, 0.717) is 11.7 Å². The van der Waals surface area contributed by atoms with Crippen LogP contribution in [0.25, 0.3) is 0 Å². The first-order chi connectivity index (χ1) is 9.06. The summed E-state index contributed by atoms with van der Waals surface area (Å²) >= 11 is 0. The molecule has 0 saturated carbocycles. The maximum atomic E-state index is 11.0. The molecule has 0 aliphatic rings. The standard InChI is InChI=1S/C15H24N2O2/c1-4-6-7-12(5-2)10-16-14-9-13(15(18)19)8-11(3)17-14/h8-9,12H,4-7,10H2,1-3H3,(H,16,17)(H,18,19). The fourth-order valence-electron chi connectivity index (χ4n) is 2.07. The summed E-state index contributed by atoms with van der Waals surface area (Å²) in [5, 5.41) is 12.3. The van der Waals surface area contributed by atoms with Crippen molar-refractivity contribution in [2.45, 2.75) is 46.5 Å². The SMILES string of the molecule is CCCCC(CC)CNc1cc(C(=O)O)cc(C)n1. The highest BCUT2D eigenvalue weighted by molar-refractivity contribution is 5.88. The second-order valence-electron chi connectivity index (χ2n) is 4.98. The van der Waals surface area contributed by atoms with Gasteiger partial charge in [-0.05, 0) is 31.4 Å². The summed E-state index contributed by atoms with van der Waals surface area (Å²) in [5.41, 5.74) is 1.01. The van der Waals surface area contributed by atoms with Gasteiger partial charge in [0.2, 0.25) is 0 Å². The zero-order valence-electron chi connectivity index (χ0n) is 12.1. The molecule has 106 valence electrons. The number of unbranched alkanes of at least 4 members (excludes halogenated alkanes) is 1. The van der Waals surface area contributed by atoms with E-state index in [2.05, 4.69) is 24.1 Å². The molecule has 0 bridgehead atoms. The Morgan fingerprint density at radius 1 is 1.42 bits per heavy atom. The van der Waals surface area contributed by atoms with E-state index in [4.69, 9.17) is 5.11 Å². The normalized spacial score (nSPS) is 12.2. The van der Waals surface area contributed by atoms with Crippen LogP contribution in [0.1, 0.15) is 55.6 Å². The molecule has 0 aliphatic heterocycles. The van der Waals surface area contributed by atoms with Gasteiger partial charge in [0.1, 0.15) is 5.82 Å². The van der Waals surface area contributed by atoms with Gasteiger partial charge in [0.25, 0.3) is 0 Å². The van der Waals surface area contributed by atoms with Gasteiger partial charge in [-0.1, -0.05) is 33.1 Å². The van der Waals surface area contributed by atoms with Crippen LogP contribution in [0.15, 0.2) is 12.1 Å². The predicted octanol–water partition coefficient (Wildman–Crippen LogP) is 3.72. The average Bonchev–Trinajstić information content (AvgIpc) is 2.38. The van der Waals surface area contributed by atoms with E-state index in [1.54, 1.807) is 12.1 Å². The third kappa shape index (κ3) is 5.28. The van der Waals surface area contributed by atoms with Crippen molar-refractivity contribution in [3.05, 3.63) is 23.4 Å². The predicted molar refractivity (Wildman–Crippen MR) is 77.7 cm³/mol. The number of carbonyl (C=O) groups is 1. The first kappa shape index (κ1) is 15.5. The van der Waals surface area contributed by atoms with Crippen molar-refractivity contribution >= 4 is 11.8 Å². The molecule has 0 amide bonds. The van der Waals surface area contributed by atoms with E-state index < -0.39 is 5.97 Å². The molecule has 0 saturated heterocycles. The molecular weight excluding hydrogens is 240 g/mol. The lowest BCUT2D eigenvalue weighted by molar-refractivity contribution is 0.0696. The lowest BCUT2D eigenvalue weighted by Gasteiger charge is -2.16. The van der Waals surface area contributed by atoms with Crippen molar-refractivity contribution in [3.63, 3.8) is 0 Å². The van der Waals surface area contributed by atoms with Crippen LogP contribution in [-0.2, 0) is 0 Å². The molecule has 0 fully saturated rings. The number of carboxylic acids is 1. The van der Waals surface area contributed by atoms with Gasteiger partial charge in [0, 0.05) is 12.2 Å². The Labute approximate surface area is 115 Å². The van der Waals surface area contributed by atoms with Crippen LogP contribution in [0.3, 0.4) is 0 Å². The second-order valence-corrected chi connectivity index (χ2v) is 4.98. The minimum atomic E-state index is -0.911. The van der Waals surface area contributed by atoms with Crippen molar-refractivity contribution in [2.24, 2.45) is 5.92 Å². The van der Waals surface area contributed by atoms with E-state index in [0.717, 1.165) is 18.7 Å². The van der Waals surface area contributed by atoms with E-state index in [-0.39, 0.29) is 5.56 Å². The Kier molecular flexibility index (Phi) is 6.33. The highest BCUT2D eigenvalue weighted by Gasteiger charge is 2.09. The van der Waals surface area contributed by atoms with Crippen LogP contribution in [0, 0.1) is 12.8 Å². The Hall–Kier alpha value is -1.58. The number of hydrogen-bond acceptors (Lipinski definition) is 3. The molecule has 1 heterocycles. The summed E-state index contributed by atoms with van der Waals surface area (Å²) < 4.78 is 0. The largest absolute Gasteiger partial charge is 0.478 e. The third-order valence-corrected chi connectivity index (χ3v) is 3.32. The van der Waals surface area contributed by atoms with Crippen molar-refractivity contribution in [1.29, 1.82) is 0 Å². The van der Waals surface area contributed by atoms with Crippen molar-refractivity contribution < 1.29 is 9.90 Å². The maximum absolute atomic E-state index is 11.0. The van der Waals surface area contributed by atoms with Crippen molar-refractivity contribution in [2.75, 3.05) is 11.9 Å². The van der Waals surface area contributed by atoms with Gasteiger partial charge in [0.05, 0.1) is 5.56 Å². The minimum absolute atomic E-state index is 0.289. The number of pyridine rings is 1. The number of rotatable bonds is 8. The number of aromatic nitrogens is 1. The summed E-state index contributed by atoms with van der Waals surface area (Å²) in [4.78, 5) is 15.3. The number of aryl methyl sites for hydroxylation is 1. The molecule has 19 heavy (non-hydrogen) atoms. The molecule has 1 aromatic rings. The molecule has 1 unspecified atom stereocenters. The number of carboxylic acid groups (broad SMARTS) is 1. The molecule has 0 spiro atoms. The fraction of sp³-hybridized carbons (Fsp3) is 0.600. The average molecular weight is 264 g/mol. The smallest absolute Gasteiger partial charge is 0.335 e. The number of nitrogens with zero attached hydrogens (tertiary/aromatic N) is 1. The van der Waals surface area contributed by atoms with Gasteiger partial charge in [0.15, 0.2) is 0 Å². The Morgan fingerprint density at radius 3 is 2.74 bits per heavy atom. The maximum Gasteiger partial charge on any atom is 0.335 e. The second kappa shape index (κ2) is 7.77. The van der Waals surface area contributed by atoms with Crippen LogP contribution >= 0.6 is 0 Å². The van der Waals surface area contributed by atoms with Gasteiger partial charge < -0.3 is 10.4 Å². The Morgan fingerprint density at radius 2 is 2.16 bits per heavy atom. The number of nitrogens with one attached hydrogen (secondary N) is 1. The summed E-state index contributed by atoms with van der Waals surface area (Å²) in [7, 11) is 0. The molecule has 1 aromatic heterocycles. The van der Waals surface area contributed by atoms with Crippen LogP contribution in [0.4, 0.5) is 5.82 Å². The summed E-state index contributed by atoms with van der Waals surface area (Å²) in [6.07, 6.45) is 4.78. The zero-order valence-corrected chi connectivity index (χ0v) is 12.1. The highest BCUT2D eigenvalue weighted by Crippen LogP contribution is 2.15. The molecule has 4 heteroatoms. The van der Waals surface area contributed by atoms with Gasteiger partial charge in [-0.15, -0.1) is 0 Å². The first-order valence-corrected chi connectivity index (χ1v) is 7.02. The van der Waals surface area contributed by atoms with Gasteiger partial charge >= 0.3 is 5.97 Å². The number of anilines is 1. The monoisotopic (exact) mass is 264 g/mol. The summed E-state index contributed by atoms with van der Waals surface area (Å²) in [5.74, 6) is 0.370. The van der Waals surface area contributed by atoms with E-state index in [9.17, 15) is 4.79 Å². The molecule has 2 N–H and O–H groups in total. The number of aromatic carboxylic acids is 1. The van der Waals surface area contributed by atoms with Crippen LogP contribution < -0.4 is 5.32 Å². The first-order valence-electron chi connectivity index (χ1n) is 7.02. The van der Waals surface area contributed by atoms with E-state index in [1.165, 1.54) is 19.3 Å². The quantitative estimate of drug-likeness (QED) is 0.751. The van der Waals surface area contributed by atoms with E-state index >= 15 is 0 Å². The Bertz CT molecular complexity index is 419. The lowest BCUT2D eigenvalue weighted by atomic mass is 9.99. The minimum Gasteiger partial charge on any atom is -0.478 e.